The second-order valence-electron chi connectivity index (χ2n) is 3.21. The molecule has 0 amide bonds. The third-order valence-electron chi connectivity index (χ3n) is 1.60. The molecule has 68 valence electrons. The van der Waals surface area contributed by atoms with E-state index in [-0.39, 0.29) is 0 Å². The van der Waals surface area contributed by atoms with E-state index in [1.54, 1.807) is 20.8 Å². The Hall–Kier alpha value is -1.01. The molecule has 0 heterocycles. The first-order valence-corrected chi connectivity index (χ1v) is 3.91. The van der Waals surface area contributed by atoms with Gasteiger partial charge in [0.05, 0.1) is 5.54 Å². The van der Waals surface area contributed by atoms with E-state index >= 15 is 0 Å². The molecule has 0 aliphatic carbocycles. The maximum absolute atomic E-state index is 10.6. The van der Waals surface area contributed by atoms with Crippen LogP contribution in [0.4, 0.5) is 0 Å². The van der Waals surface area contributed by atoms with Gasteiger partial charge in [-0.1, -0.05) is 12.8 Å². The summed E-state index contributed by atoms with van der Waals surface area (Å²) in [5.41, 5.74) is -0.556. The molecule has 0 aromatic rings. The molecule has 3 nitrogen and oxygen atoms in total. The number of carbonyl (C=O) groups is 1. The van der Waals surface area contributed by atoms with E-state index in [0.717, 1.165) is 0 Å². The molecular weight excluding hydrogens is 154 g/mol. The fourth-order valence-electron chi connectivity index (χ4n) is 0.816. The molecule has 1 unspecified atom stereocenters. The highest BCUT2D eigenvalue weighted by Crippen LogP contribution is 2.03. The van der Waals surface area contributed by atoms with Gasteiger partial charge in [0.15, 0.2) is 0 Å². The molecule has 0 aromatic heterocycles. The molecular formula is C9H15NO2. The number of rotatable bonds is 4. The summed E-state index contributed by atoms with van der Waals surface area (Å²) in [4.78, 5) is 10.6. The van der Waals surface area contributed by atoms with Crippen molar-refractivity contribution >= 4 is 5.97 Å². The van der Waals surface area contributed by atoms with E-state index in [0.29, 0.717) is 6.42 Å². The van der Waals surface area contributed by atoms with Crippen LogP contribution in [0.15, 0.2) is 0 Å². The smallest absolute Gasteiger partial charge is 0.320 e. The molecule has 1 atom stereocenters. The highest BCUT2D eigenvalue weighted by atomic mass is 16.4. The van der Waals surface area contributed by atoms with Crippen molar-refractivity contribution in [3.63, 3.8) is 0 Å². The minimum absolute atomic E-state index is 0.528. The standard InChI is InChI=1S/C9H15NO2/c1-5-7(8(11)12)10-9(3,4)6-2/h2,7,10H,5H2,1,3-4H3,(H,11,12). The quantitative estimate of drug-likeness (QED) is 0.613. The Balaban J connectivity index is 4.23. The fourth-order valence-corrected chi connectivity index (χ4v) is 0.816. The summed E-state index contributed by atoms with van der Waals surface area (Å²) >= 11 is 0. The SMILES string of the molecule is C#CC(C)(C)NC(CC)C(=O)O. The van der Waals surface area contributed by atoms with E-state index in [4.69, 9.17) is 11.5 Å². The Morgan fingerprint density at radius 2 is 2.25 bits per heavy atom. The monoisotopic (exact) mass is 169 g/mol. The van der Waals surface area contributed by atoms with Crippen LogP contribution in [-0.4, -0.2) is 22.7 Å². The van der Waals surface area contributed by atoms with E-state index < -0.39 is 17.6 Å². The number of terminal acetylenes is 1. The van der Waals surface area contributed by atoms with Crippen LogP contribution in [0.2, 0.25) is 0 Å². The first-order chi connectivity index (χ1) is 5.43. The van der Waals surface area contributed by atoms with Crippen molar-refractivity contribution in [2.24, 2.45) is 0 Å². The molecule has 12 heavy (non-hydrogen) atoms. The maximum atomic E-state index is 10.6. The van der Waals surface area contributed by atoms with Crippen LogP contribution in [0.1, 0.15) is 27.2 Å². The Labute approximate surface area is 73.2 Å². The molecule has 0 aliphatic heterocycles. The predicted octanol–water partition coefficient (Wildman–Crippen LogP) is 0.851. The van der Waals surface area contributed by atoms with Gasteiger partial charge >= 0.3 is 5.97 Å². The van der Waals surface area contributed by atoms with Crippen LogP contribution in [0.5, 0.6) is 0 Å². The van der Waals surface area contributed by atoms with Crippen LogP contribution in [-0.2, 0) is 4.79 Å². The summed E-state index contributed by atoms with van der Waals surface area (Å²) in [5.74, 6) is 1.63. The average molecular weight is 169 g/mol. The maximum Gasteiger partial charge on any atom is 0.320 e. The van der Waals surface area contributed by atoms with Gasteiger partial charge in [0.2, 0.25) is 0 Å². The van der Waals surface area contributed by atoms with Crippen molar-refractivity contribution in [3.8, 4) is 12.3 Å². The van der Waals surface area contributed by atoms with E-state index in [9.17, 15) is 4.79 Å². The number of hydrogen-bond acceptors (Lipinski definition) is 2. The second kappa shape index (κ2) is 4.13. The van der Waals surface area contributed by atoms with Gasteiger partial charge in [0.1, 0.15) is 6.04 Å². The van der Waals surface area contributed by atoms with Crippen molar-refractivity contribution < 1.29 is 9.90 Å². The van der Waals surface area contributed by atoms with Crippen molar-refractivity contribution in [3.05, 3.63) is 0 Å². The Kier molecular flexibility index (Phi) is 3.78. The molecule has 3 heteroatoms. The van der Waals surface area contributed by atoms with E-state index in [2.05, 4.69) is 11.2 Å². The molecule has 2 N–H and O–H groups in total. The zero-order chi connectivity index (χ0) is 9.78. The Morgan fingerprint density at radius 1 is 1.75 bits per heavy atom. The molecule has 0 saturated carbocycles. The number of hydrogen-bond donors (Lipinski definition) is 2. The van der Waals surface area contributed by atoms with Crippen LogP contribution >= 0.6 is 0 Å². The highest BCUT2D eigenvalue weighted by Gasteiger charge is 2.22. The third kappa shape index (κ3) is 3.40. The highest BCUT2D eigenvalue weighted by molar-refractivity contribution is 5.73. The number of carboxylic acid groups (broad SMARTS) is 1. The summed E-state index contributed by atoms with van der Waals surface area (Å²) in [6, 6.07) is -0.559. The fraction of sp³-hybridized carbons (Fsp3) is 0.667. The molecule has 0 fully saturated rings. The molecule has 0 aromatic carbocycles. The first-order valence-electron chi connectivity index (χ1n) is 3.91. The lowest BCUT2D eigenvalue weighted by Gasteiger charge is -2.24. The van der Waals surface area contributed by atoms with Gasteiger partial charge in [-0.3, -0.25) is 10.1 Å². The van der Waals surface area contributed by atoms with E-state index in [1.807, 2.05) is 0 Å². The number of nitrogens with one attached hydrogen (secondary N) is 1. The lowest BCUT2D eigenvalue weighted by molar-refractivity contribution is -0.139. The largest absolute Gasteiger partial charge is 0.480 e. The first kappa shape index (κ1) is 11.0. The summed E-state index contributed by atoms with van der Waals surface area (Å²) < 4.78 is 0. The van der Waals surface area contributed by atoms with Gasteiger partial charge in [-0.05, 0) is 20.3 Å². The summed E-state index contributed by atoms with van der Waals surface area (Å²) in [6.07, 6.45) is 5.73. The molecule has 0 spiro atoms. The minimum Gasteiger partial charge on any atom is -0.480 e. The lowest BCUT2D eigenvalue weighted by Crippen LogP contribution is -2.48. The molecule has 0 rings (SSSR count). The predicted molar refractivity (Wildman–Crippen MR) is 47.8 cm³/mol. The summed E-state index contributed by atoms with van der Waals surface area (Å²) in [7, 11) is 0. The van der Waals surface area contributed by atoms with Crippen LogP contribution in [0.3, 0.4) is 0 Å². The van der Waals surface area contributed by atoms with Crippen LogP contribution in [0.25, 0.3) is 0 Å². The van der Waals surface area contributed by atoms with Crippen molar-refractivity contribution in [2.75, 3.05) is 0 Å². The molecule has 0 aliphatic rings. The summed E-state index contributed by atoms with van der Waals surface area (Å²) in [6.45, 7) is 5.36. The van der Waals surface area contributed by atoms with Crippen LogP contribution in [0, 0.1) is 12.3 Å². The molecule has 0 bridgehead atoms. The van der Waals surface area contributed by atoms with Gasteiger partial charge in [-0.15, -0.1) is 6.42 Å². The zero-order valence-corrected chi connectivity index (χ0v) is 7.72. The van der Waals surface area contributed by atoms with Crippen LogP contribution < -0.4 is 5.32 Å². The lowest BCUT2D eigenvalue weighted by atomic mass is 10.0. The van der Waals surface area contributed by atoms with Crippen molar-refractivity contribution in [1.82, 2.24) is 5.32 Å². The van der Waals surface area contributed by atoms with E-state index in [1.165, 1.54) is 0 Å². The Morgan fingerprint density at radius 3 is 2.50 bits per heavy atom. The second-order valence-corrected chi connectivity index (χ2v) is 3.21. The van der Waals surface area contributed by atoms with Crippen molar-refractivity contribution in [1.29, 1.82) is 0 Å². The zero-order valence-electron chi connectivity index (χ0n) is 7.72. The molecule has 0 saturated heterocycles. The minimum atomic E-state index is -0.860. The molecule has 0 radical (unpaired) electrons. The number of carboxylic acids is 1. The third-order valence-corrected chi connectivity index (χ3v) is 1.60. The van der Waals surface area contributed by atoms with Gasteiger partial charge in [-0.2, -0.15) is 0 Å². The normalized spacial score (nSPS) is 13.5. The Bertz CT molecular complexity index is 203. The van der Waals surface area contributed by atoms with Gasteiger partial charge in [0.25, 0.3) is 0 Å². The van der Waals surface area contributed by atoms with Crippen molar-refractivity contribution in [2.45, 2.75) is 38.8 Å². The average Bonchev–Trinajstić information content (AvgIpc) is 2.00. The topological polar surface area (TPSA) is 49.3 Å². The number of aliphatic carboxylic acids is 1. The van der Waals surface area contributed by atoms with Gasteiger partial charge in [-0.25, -0.2) is 0 Å². The summed E-state index contributed by atoms with van der Waals surface area (Å²) in [5, 5.41) is 11.6. The van der Waals surface area contributed by atoms with Gasteiger partial charge in [0, 0.05) is 0 Å². The van der Waals surface area contributed by atoms with Gasteiger partial charge < -0.3 is 5.11 Å².